The van der Waals surface area contributed by atoms with Crippen LogP contribution in [0.15, 0.2) is 24.3 Å². The van der Waals surface area contributed by atoms with Crippen molar-refractivity contribution < 1.29 is 4.79 Å². The lowest BCUT2D eigenvalue weighted by molar-refractivity contribution is -0.130. The first kappa shape index (κ1) is 10.7. The summed E-state index contributed by atoms with van der Waals surface area (Å²) in [4.78, 5) is 11.2. The summed E-state index contributed by atoms with van der Waals surface area (Å²) in [6.45, 7) is 2.04. The highest BCUT2D eigenvalue weighted by Crippen LogP contribution is 2.06. The molecule has 76 valence electrons. The zero-order chi connectivity index (χ0) is 10.6. The van der Waals surface area contributed by atoms with E-state index in [0.29, 0.717) is 6.42 Å². The second kappa shape index (κ2) is 4.77. The number of rotatable bonds is 3. The zero-order valence-electron chi connectivity index (χ0n) is 8.66. The number of hydrogen-bond donors (Lipinski definition) is 1. The molecule has 1 amide bonds. The first-order valence-corrected chi connectivity index (χ1v) is 4.66. The average molecular weight is 192 g/mol. The van der Waals surface area contributed by atoms with Crippen LogP contribution in [-0.2, 0) is 11.2 Å². The van der Waals surface area contributed by atoms with Gasteiger partial charge in [-0.15, -0.1) is 0 Å². The van der Waals surface area contributed by atoms with E-state index in [1.165, 1.54) is 11.1 Å². The molecule has 0 fully saturated rings. The van der Waals surface area contributed by atoms with Crippen LogP contribution in [0.2, 0.25) is 0 Å². The van der Waals surface area contributed by atoms with E-state index in [2.05, 4.69) is 0 Å². The van der Waals surface area contributed by atoms with Crippen molar-refractivity contribution in [1.82, 2.24) is 5.01 Å². The lowest BCUT2D eigenvalue weighted by atomic mass is 10.1. The van der Waals surface area contributed by atoms with Gasteiger partial charge < -0.3 is 0 Å². The molecule has 0 spiro atoms. The Morgan fingerprint density at radius 2 is 1.93 bits per heavy atom. The largest absolute Gasteiger partial charge is 0.284 e. The highest BCUT2D eigenvalue weighted by molar-refractivity contribution is 5.75. The molecule has 0 saturated heterocycles. The topological polar surface area (TPSA) is 46.3 Å². The minimum absolute atomic E-state index is 0.0365. The average Bonchev–Trinajstić information content (AvgIpc) is 2.16. The second-order valence-electron chi connectivity index (χ2n) is 3.49. The summed E-state index contributed by atoms with van der Waals surface area (Å²) in [5, 5.41) is 1.13. The fourth-order valence-corrected chi connectivity index (χ4v) is 1.18. The maximum Gasteiger partial charge on any atom is 0.236 e. The molecule has 0 aliphatic rings. The van der Waals surface area contributed by atoms with Crippen LogP contribution in [0, 0.1) is 6.92 Å². The molecule has 14 heavy (non-hydrogen) atoms. The number of amides is 1. The third-order valence-electron chi connectivity index (χ3n) is 2.14. The van der Waals surface area contributed by atoms with Gasteiger partial charge in [0.05, 0.1) is 0 Å². The molecule has 0 unspecified atom stereocenters. The molecule has 0 atom stereocenters. The van der Waals surface area contributed by atoms with Gasteiger partial charge in [0.2, 0.25) is 5.91 Å². The Morgan fingerprint density at radius 3 is 2.43 bits per heavy atom. The van der Waals surface area contributed by atoms with Crippen molar-refractivity contribution in [2.75, 3.05) is 7.05 Å². The SMILES string of the molecule is Cc1ccc(CCC(=O)N(C)N)cc1. The molecule has 1 aromatic rings. The van der Waals surface area contributed by atoms with Gasteiger partial charge >= 0.3 is 0 Å². The van der Waals surface area contributed by atoms with Crippen molar-refractivity contribution in [1.29, 1.82) is 0 Å². The van der Waals surface area contributed by atoms with Gasteiger partial charge in [-0.05, 0) is 18.9 Å². The first-order valence-electron chi connectivity index (χ1n) is 4.66. The van der Waals surface area contributed by atoms with Crippen LogP contribution in [-0.4, -0.2) is 18.0 Å². The molecule has 3 heteroatoms. The second-order valence-corrected chi connectivity index (χ2v) is 3.49. The van der Waals surface area contributed by atoms with Crippen LogP contribution in [0.5, 0.6) is 0 Å². The van der Waals surface area contributed by atoms with E-state index in [1.54, 1.807) is 7.05 Å². The standard InChI is InChI=1S/C11H16N2O/c1-9-3-5-10(6-4-9)7-8-11(14)13(2)12/h3-6H,7-8,12H2,1-2H3. The number of hydrogen-bond acceptors (Lipinski definition) is 2. The normalized spacial score (nSPS) is 9.93. The quantitative estimate of drug-likeness (QED) is 0.445. The Kier molecular flexibility index (Phi) is 3.65. The van der Waals surface area contributed by atoms with E-state index >= 15 is 0 Å². The molecule has 0 radical (unpaired) electrons. The molecule has 0 aliphatic carbocycles. The van der Waals surface area contributed by atoms with E-state index in [4.69, 9.17) is 5.84 Å². The van der Waals surface area contributed by atoms with Gasteiger partial charge in [0.1, 0.15) is 0 Å². The highest BCUT2D eigenvalue weighted by atomic mass is 16.2. The Morgan fingerprint density at radius 1 is 1.36 bits per heavy atom. The first-order chi connectivity index (χ1) is 6.59. The number of carbonyl (C=O) groups excluding carboxylic acids is 1. The summed E-state index contributed by atoms with van der Waals surface area (Å²) in [5.74, 6) is 5.27. The summed E-state index contributed by atoms with van der Waals surface area (Å²) >= 11 is 0. The molecule has 0 saturated carbocycles. The van der Waals surface area contributed by atoms with Gasteiger partial charge in [-0.2, -0.15) is 0 Å². The van der Waals surface area contributed by atoms with E-state index in [0.717, 1.165) is 11.4 Å². The van der Waals surface area contributed by atoms with Crippen molar-refractivity contribution in [3.05, 3.63) is 35.4 Å². The molecule has 1 aromatic carbocycles. The summed E-state index contributed by atoms with van der Waals surface area (Å²) in [5.41, 5.74) is 2.40. The van der Waals surface area contributed by atoms with Gasteiger partial charge in [0, 0.05) is 13.5 Å². The van der Waals surface area contributed by atoms with Gasteiger partial charge in [0.15, 0.2) is 0 Å². The Balaban J connectivity index is 2.46. The predicted octanol–water partition coefficient (Wildman–Crippen LogP) is 1.26. The monoisotopic (exact) mass is 192 g/mol. The van der Waals surface area contributed by atoms with Gasteiger partial charge in [-0.3, -0.25) is 9.80 Å². The number of hydrazine groups is 1. The number of aryl methyl sites for hydroxylation is 2. The Bertz CT molecular complexity index is 304. The van der Waals surface area contributed by atoms with Gasteiger partial charge in [-0.1, -0.05) is 29.8 Å². The van der Waals surface area contributed by atoms with Crippen LogP contribution in [0.25, 0.3) is 0 Å². The predicted molar refractivity (Wildman–Crippen MR) is 56.5 cm³/mol. The lowest BCUT2D eigenvalue weighted by Gasteiger charge is -2.09. The van der Waals surface area contributed by atoms with Crippen LogP contribution in [0.4, 0.5) is 0 Å². The number of benzene rings is 1. The van der Waals surface area contributed by atoms with Crippen molar-refractivity contribution >= 4 is 5.91 Å². The molecule has 1 rings (SSSR count). The van der Waals surface area contributed by atoms with E-state index in [9.17, 15) is 4.79 Å². The van der Waals surface area contributed by atoms with Crippen LogP contribution >= 0.6 is 0 Å². The Hall–Kier alpha value is -1.35. The van der Waals surface area contributed by atoms with Gasteiger partial charge in [0.25, 0.3) is 0 Å². The molecular weight excluding hydrogens is 176 g/mol. The fourth-order valence-electron chi connectivity index (χ4n) is 1.18. The summed E-state index contributed by atoms with van der Waals surface area (Å²) in [6, 6.07) is 8.18. The van der Waals surface area contributed by atoms with E-state index in [1.807, 2.05) is 31.2 Å². The number of carbonyl (C=O) groups is 1. The van der Waals surface area contributed by atoms with Crippen molar-refractivity contribution in [2.24, 2.45) is 5.84 Å². The number of nitrogens with two attached hydrogens (primary N) is 1. The molecule has 0 bridgehead atoms. The van der Waals surface area contributed by atoms with Crippen molar-refractivity contribution in [2.45, 2.75) is 19.8 Å². The zero-order valence-corrected chi connectivity index (χ0v) is 8.66. The van der Waals surface area contributed by atoms with E-state index in [-0.39, 0.29) is 5.91 Å². The summed E-state index contributed by atoms with van der Waals surface area (Å²) < 4.78 is 0. The van der Waals surface area contributed by atoms with Crippen LogP contribution in [0.1, 0.15) is 17.5 Å². The maximum atomic E-state index is 11.2. The maximum absolute atomic E-state index is 11.2. The van der Waals surface area contributed by atoms with Gasteiger partial charge in [-0.25, -0.2) is 5.84 Å². The highest BCUT2D eigenvalue weighted by Gasteiger charge is 2.04. The Labute approximate surface area is 84.5 Å². The smallest absolute Gasteiger partial charge is 0.236 e. The third kappa shape index (κ3) is 3.18. The van der Waals surface area contributed by atoms with Crippen molar-refractivity contribution in [3.63, 3.8) is 0 Å². The summed E-state index contributed by atoms with van der Waals surface area (Å²) in [6.07, 6.45) is 1.22. The molecule has 0 heterocycles. The molecular formula is C11H16N2O. The molecule has 0 aliphatic heterocycles. The molecule has 2 N–H and O–H groups in total. The molecule has 3 nitrogen and oxygen atoms in total. The lowest BCUT2D eigenvalue weighted by Crippen LogP contribution is -2.33. The summed E-state index contributed by atoms with van der Waals surface area (Å²) in [7, 11) is 1.57. The third-order valence-corrected chi connectivity index (χ3v) is 2.14. The minimum Gasteiger partial charge on any atom is -0.284 e. The fraction of sp³-hybridized carbons (Fsp3) is 0.364. The minimum atomic E-state index is -0.0365. The van der Waals surface area contributed by atoms with E-state index < -0.39 is 0 Å². The van der Waals surface area contributed by atoms with Crippen LogP contribution in [0.3, 0.4) is 0 Å². The van der Waals surface area contributed by atoms with Crippen LogP contribution < -0.4 is 5.84 Å². The van der Waals surface area contributed by atoms with Crippen molar-refractivity contribution in [3.8, 4) is 0 Å². The molecule has 0 aromatic heterocycles. The number of nitrogens with zero attached hydrogens (tertiary/aromatic N) is 1.